The molecule has 2 unspecified atom stereocenters. The monoisotopic (exact) mass is 269 g/mol. The van der Waals surface area contributed by atoms with Gasteiger partial charge in [-0.1, -0.05) is 0 Å². The fraction of sp³-hybridized carbons (Fsp3) is 0.643. The van der Waals surface area contributed by atoms with E-state index >= 15 is 0 Å². The number of carbonyl (C=O) groups excluding carboxylic acids is 1. The molecule has 0 bridgehead atoms. The van der Waals surface area contributed by atoms with Crippen LogP contribution in [0.4, 0.5) is 0 Å². The molecule has 1 aliphatic heterocycles. The molecular formula is C14H20ClNO2. The van der Waals surface area contributed by atoms with Gasteiger partial charge in [0.1, 0.15) is 0 Å². The number of hydrogen-bond acceptors (Lipinski definition) is 2. The molecule has 4 heteroatoms. The Labute approximate surface area is 113 Å². The zero-order valence-electron chi connectivity index (χ0n) is 11.2. The van der Waals surface area contributed by atoms with Gasteiger partial charge in [-0.2, -0.15) is 0 Å². The summed E-state index contributed by atoms with van der Waals surface area (Å²) in [5.41, 5.74) is 2.88. The van der Waals surface area contributed by atoms with Crippen LogP contribution in [0.1, 0.15) is 47.6 Å². The second-order valence-corrected chi connectivity index (χ2v) is 5.66. The number of nitrogens with zero attached hydrogens (tertiary/aromatic N) is 1. The van der Waals surface area contributed by atoms with Gasteiger partial charge < -0.3 is 9.30 Å². The summed E-state index contributed by atoms with van der Waals surface area (Å²) in [6, 6.07) is 2.30. The summed E-state index contributed by atoms with van der Waals surface area (Å²) in [5, 5.41) is -0.471. The van der Waals surface area contributed by atoms with Crippen LogP contribution in [0.15, 0.2) is 6.07 Å². The molecule has 1 aliphatic rings. The molecule has 2 rings (SSSR count). The van der Waals surface area contributed by atoms with E-state index in [-0.39, 0.29) is 5.78 Å². The lowest BCUT2D eigenvalue weighted by Crippen LogP contribution is -2.23. The van der Waals surface area contributed by atoms with Crippen molar-refractivity contribution in [1.29, 1.82) is 0 Å². The van der Waals surface area contributed by atoms with E-state index in [1.165, 1.54) is 0 Å². The van der Waals surface area contributed by atoms with Crippen LogP contribution in [-0.4, -0.2) is 28.9 Å². The first-order valence-electron chi connectivity index (χ1n) is 6.46. The Bertz CT molecular complexity index is 445. The predicted octanol–water partition coefficient (Wildman–Crippen LogP) is 3.27. The standard InChI is InChI=1S/C14H20ClNO2/c1-9-7-13(14(17)10(2)15)11(3)16(9)12-5-4-6-18-8-12/h7,10,12H,4-6,8H2,1-3H3. The molecule has 3 nitrogen and oxygen atoms in total. The number of aromatic nitrogens is 1. The Morgan fingerprint density at radius 1 is 1.56 bits per heavy atom. The van der Waals surface area contributed by atoms with E-state index < -0.39 is 5.38 Å². The number of Topliss-reactive ketones (excluding diaryl/α,β-unsaturated/α-hetero) is 1. The Kier molecular flexibility index (Phi) is 4.13. The van der Waals surface area contributed by atoms with Gasteiger partial charge in [0.05, 0.1) is 18.0 Å². The molecule has 0 aromatic carbocycles. The lowest BCUT2D eigenvalue weighted by atomic mass is 10.1. The molecule has 0 N–H and O–H groups in total. The van der Waals surface area contributed by atoms with Crippen LogP contribution in [0.25, 0.3) is 0 Å². The van der Waals surface area contributed by atoms with Gasteiger partial charge in [0.2, 0.25) is 0 Å². The number of aryl methyl sites for hydroxylation is 1. The highest BCUT2D eigenvalue weighted by Gasteiger charge is 2.24. The van der Waals surface area contributed by atoms with Gasteiger partial charge in [-0.25, -0.2) is 0 Å². The Hall–Kier alpha value is -0.800. The normalized spacial score (nSPS) is 21.9. The maximum Gasteiger partial charge on any atom is 0.182 e. The van der Waals surface area contributed by atoms with Crippen LogP contribution < -0.4 is 0 Å². The molecule has 2 heterocycles. The van der Waals surface area contributed by atoms with Crippen molar-refractivity contribution in [2.75, 3.05) is 13.2 Å². The minimum Gasteiger partial charge on any atom is -0.379 e. The number of hydrogen-bond donors (Lipinski definition) is 0. The number of ketones is 1. The van der Waals surface area contributed by atoms with Crippen LogP contribution >= 0.6 is 11.6 Å². The van der Waals surface area contributed by atoms with Crippen LogP contribution in [0, 0.1) is 13.8 Å². The summed E-state index contributed by atoms with van der Waals surface area (Å²) in [4.78, 5) is 12.0. The van der Waals surface area contributed by atoms with Gasteiger partial charge in [0.15, 0.2) is 5.78 Å². The number of ether oxygens (including phenoxy) is 1. The molecule has 0 saturated carbocycles. The van der Waals surface area contributed by atoms with Gasteiger partial charge >= 0.3 is 0 Å². The lowest BCUT2D eigenvalue weighted by Gasteiger charge is -2.26. The minimum atomic E-state index is -0.471. The maximum atomic E-state index is 12.0. The van der Waals surface area contributed by atoms with Crippen molar-refractivity contribution >= 4 is 17.4 Å². The fourth-order valence-electron chi connectivity index (χ4n) is 2.73. The first kappa shape index (κ1) is 13.6. The first-order chi connectivity index (χ1) is 8.52. The van der Waals surface area contributed by atoms with Gasteiger partial charge in [0, 0.05) is 23.6 Å². The summed E-state index contributed by atoms with van der Waals surface area (Å²) in [6.07, 6.45) is 2.19. The lowest BCUT2D eigenvalue weighted by molar-refractivity contribution is 0.0580. The van der Waals surface area contributed by atoms with Crippen LogP contribution in [-0.2, 0) is 4.74 Å². The third-order valence-corrected chi connectivity index (χ3v) is 3.81. The van der Waals surface area contributed by atoms with Crippen molar-refractivity contribution in [3.8, 4) is 0 Å². The largest absolute Gasteiger partial charge is 0.379 e. The highest BCUT2D eigenvalue weighted by molar-refractivity contribution is 6.33. The zero-order chi connectivity index (χ0) is 13.3. The maximum absolute atomic E-state index is 12.0. The van der Waals surface area contributed by atoms with Gasteiger partial charge in [-0.3, -0.25) is 4.79 Å². The third kappa shape index (κ3) is 2.47. The molecule has 100 valence electrons. The highest BCUT2D eigenvalue weighted by Crippen LogP contribution is 2.27. The summed E-state index contributed by atoms with van der Waals surface area (Å²) in [5.74, 6) is 0.00717. The smallest absolute Gasteiger partial charge is 0.182 e. The van der Waals surface area contributed by atoms with Crippen LogP contribution in [0.2, 0.25) is 0 Å². The van der Waals surface area contributed by atoms with Crippen molar-refractivity contribution in [3.63, 3.8) is 0 Å². The summed E-state index contributed by atoms with van der Waals surface area (Å²) < 4.78 is 7.76. The van der Waals surface area contributed by atoms with Crippen molar-refractivity contribution in [1.82, 2.24) is 4.57 Å². The van der Waals surface area contributed by atoms with E-state index in [0.29, 0.717) is 6.04 Å². The molecule has 0 amide bonds. The topological polar surface area (TPSA) is 31.2 Å². The second-order valence-electron chi connectivity index (χ2n) is 5.01. The van der Waals surface area contributed by atoms with Gasteiger partial charge in [-0.15, -0.1) is 11.6 Å². The average molecular weight is 270 g/mol. The quantitative estimate of drug-likeness (QED) is 0.623. The van der Waals surface area contributed by atoms with Crippen molar-refractivity contribution < 1.29 is 9.53 Å². The Morgan fingerprint density at radius 3 is 2.83 bits per heavy atom. The van der Waals surface area contributed by atoms with E-state index in [1.54, 1.807) is 6.92 Å². The second kappa shape index (κ2) is 5.45. The first-order valence-corrected chi connectivity index (χ1v) is 6.90. The van der Waals surface area contributed by atoms with E-state index in [9.17, 15) is 4.79 Å². The predicted molar refractivity (Wildman–Crippen MR) is 72.6 cm³/mol. The Morgan fingerprint density at radius 2 is 2.28 bits per heavy atom. The summed E-state index contributed by atoms with van der Waals surface area (Å²) in [7, 11) is 0. The number of carbonyl (C=O) groups is 1. The molecule has 0 aliphatic carbocycles. The van der Waals surface area contributed by atoms with Crippen molar-refractivity contribution in [2.24, 2.45) is 0 Å². The minimum absolute atomic E-state index is 0.00717. The van der Waals surface area contributed by atoms with Crippen molar-refractivity contribution in [2.45, 2.75) is 45.0 Å². The van der Waals surface area contributed by atoms with E-state index in [2.05, 4.69) is 4.57 Å². The zero-order valence-corrected chi connectivity index (χ0v) is 12.0. The molecule has 0 radical (unpaired) electrons. The molecule has 2 atom stereocenters. The molecular weight excluding hydrogens is 250 g/mol. The number of alkyl halides is 1. The van der Waals surface area contributed by atoms with Crippen molar-refractivity contribution in [3.05, 3.63) is 23.0 Å². The van der Waals surface area contributed by atoms with E-state index in [4.69, 9.17) is 16.3 Å². The van der Waals surface area contributed by atoms with E-state index in [1.807, 2.05) is 19.9 Å². The number of rotatable bonds is 3. The molecule has 0 spiro atoms. The van der Waals surface area contributed by atoms with Gasteiger partial charge in [-0.05, 0) is 39.7 Å². The number of halogens is 1. The van der Waals surface area contributed by atoms with Gasteiger partial charge in [0.25, 0.3) is 0 Å². The molecule has 18 heavy (non-hydrogen) atoms. The summed E-state index contributed by atoms with van der Waals surface area (Å²) >= 11 is 5.90. The average Bonchev–Trinajstić information content (AvgIpc) is 2.65. The van der Waals surface area contributed by atoms with Crippen LogP contribution in [0.3, 0.4) is 0 Å². The SMILES string of the molecule is Cc1cc(C(=O)C(C)Cl)c(C)n1C1CCCOC1. The Balaban J connectivity index is 2.34. The van der Waals surface area contributed by atoms with Crippen LogP contribution in [0.5, 0.6) is 0 Å². The molecule has 1 saturated heterocycles. The third-order valence-electron chi connectivity index (χ3n) is 3.61. The molecule has 1 aromatic heterocycles. The fourth-order valence-corrected chi connectivity index (χ4v) is 2.85. The van der Waals surface area contributed by atoms with E-state index in [0.717, 1.165) is 43.0 Å². The highest BCUT2D eigenvalue weighted by atomic mass is 35.5. The molecule has 1 fully saturated rings. The summed E-state index contributed by atoms with van der Waals surface area (Å²) in [6.45, 7) is 7.34. The molecule has 1 aromatic rings.